The molecule has 2 N–H and O–H groups in total. The molecule has 2 amide bonds. The van der Waals surface area contributed by atoms with Crippen molar-refractivity contribution >= 4 is 21.8 Å². The third kappa shape index (κ3) is 6.93. The molecule has 0 saturated carbocycles. The van der Waals surface area contributed by atoms with Gasteiger partial charge >= 0.3 is 0 Å². The first-order valence-electron chi connectivity index (χ1n) is 10.1. The predicted octanol–water partition coefficient (Wildman–Crippen LogP) is 1.91. The molecule has 0 aliphatic rings. The number of methoxy groups -OCH3 is 1. The van der Waals surface area contributed by atoms with Crippen molar-refractivity contribution in [3.63, 3.8) is 0 Å². The van der Waals surface area contributed by atoms with Crippen LogP contribution in [0.4, 0.5) is 0 Å². The van der Waals surface area contributed by atoms with Crippen molar-refractivity contribution in [2.75, 3.05) is 20.2 Å². The van der Waals surface area contributed by atoms with E-state index in [0.29, 0.717) is 17.1 Å². The van der Waals surface area contributed by atoms with E-state index in [1.54, 1.807) is 54.6 Å². The van der Waals surface area contributed by atoms with Gasteiger partial charge in [0.1, 0.15) is 11.5 Å². The van der Waals surface area contributed by atoms with Crippen molar-refractivity contribution in [2.24, 2.45) is 0 Å². The molecular formula is C23H25N3O6S. The van der Waals surface area contributed by atoms with Crippen molar-refractivity contribution < 1.29 is 27.2 Å². The molecular weight excluding hydrogens is 446 g/mol. The van der Waals surface area contributed by atoms with Gasteiger partial charge in [0, 0.05) is 12.1 Å². The Hall–Kier alpha value is -3.63. The second-order valence-electron chi connectivity index (χ2n) is 7.06. The summed E-state index contributed by atoms with van der Waals surface area (Å²) < 4.78 is 37.8. The van der Waals surface area contributed by atoms with E-state index in [4.69, 9.17) is 9.15 Å². The molecule has 0 bridgehead atoms. The van der Waals surface area contributed by atoms with Crippen LogP contribution in [0, 0.1) is 0 Å². The van der Waals surface area contributed by atoms with E-state index in [2.05, 4.69) is 10.0 Å². The highest BCUT2D eigenvalue weighted by Crippen LogP contribution is 2.19. The number of rotatable bonds is 11. The van der Waals surface area contributed by atoms with Gasteiger partial charge in [0.15, 0.2) is 0 Å². The zero-order valence-electron chi connectivity index (χ0n) is 18.1. The van der Waals surface area contributed by atoms with Crippen molar-refractivity contribution in [1.82, 2.24) is 14.9 Å². The molecule has 2 aromatic carbocycles. The van der Waals surface area contributed by atoms with Gasteiger partial charge in [0.05, 0.1) is 37.9 Å². The molecule has 0 unspecified atom stereocenters. The van der Waals surface area contributed by atoms with E-state index in [1.807, 2.05) is 0 Å². The topological polar surface area (TPSA) is 118 Å². The van der Waals surface area contributed by atoms with Crippen LogP contribution in [0.5, 0.6) is 5.75 Å². The molecule has 0 atom stereocenters. The Bertz CT molecular complexity index is 1160. The van der Waals surface area contributed by atoms with Crippen molar-refractivity contribution in [3.8, 4) is 5.75 Å². The van der Waals surface area contributed by atoms with Crippen molar-refractivity contribution in [1.29, 1.82) is 0 Å². The summed E-state index contributed by atoms with van der Waals surface area (Å²) in [6, 6.07) is 18.3. The van der Waals surface area contributed by atoms with Gasteiger partial charge in [0.25, 0.3) is 0 Å². The molecule has 174 valence electrons. The number of benzene rings is 2. The van der Waals surface area contributed by atoms with Gasteiger partial charge in [-0.1, -0.05) is 36.4 Å². The number of carbonyl (C=O) groups is 2. The monoisotopic (exact) mass is 471 g/mol. The third-order valence-corrected chi connectivity index (χ3v) is 6.16. The lowest BCUT2D eigenvalue weighted by molar-refractivity contribution is -0.135. The molecule has 3 rings (SSSR count). The van der Waals surface area contributed by atoms with Crippen molar-refractivity contribution in [3.05, 3.63) is 84.3 Å². The van der Waals surface area contributed by atoms with Crippen LogP contribution in [0.25, 0.3) is 0 Å². The van der Waals surface area contributed by atoms with Crippen LogP contribution >= 0.6 is 0 Å². The van der Waals surface area contributed by atoms with Gasteiger partial charge in [-0.05, 0) is 30.3 Å². The minimum Gasteiger partial charge on any atom is -0.496 e. The first-order valence-corrected chi connectivity index (χ1v) is 11.6. The lowest BCUT2D eigenvalue weighted by Gasteiger charge is -2.23. The van der Waals surface area contributed by atoms with Gasteiger partial charge in [-0.15, -0.1) is 0 Å². The van der Waals surface area contributed by atoms with Crippen LogP contribution in [0.1, 0.15) is 11.3 Å². The minimum atomic E-state index is -3.88. The Morgan fingerprint density at radius 3 is 2.42 bits per heavy atom. The van der Waals surface area contributed by atoms with E-state index in [9.17, 15) is 18.0 Å². The predicted molar refractivity (Wildman–Crippen MR) is 121 cm³/mol. The second kappa shape index (κ2) is 11.3. The number of sulfonamides is 1. The standard InChI is InChI=1S/C23H25N3O6S/c1-31-21-12-6-5-8-18(21)16-26(17-22(27)24-14-19-9-7-13-32-19)23(28)15-25-33(29,30)20-10-3-2-4-11-20/h2-13,25H,14-17H2,1H3,(H,24,27). The zero-order valence-corrected chi connectivity index (χ0v) is 18.9. The quantitative estimate of drug-likeness (QED) is 0.441. The van der Waals surface area contributed by atoms with E-state index in [-0.39, 0.29) is 24.5 Å². The summed E-state index contributed by atoms with van der Waals surface area (Å²) in [5.74, 6) is 0.145. The highest BCUT2D eigenvalue weighted by atomic mass is 32.2. The van der Waals surface area contributed by atoms with E-state index in [0.717, 1.165) is 0 Å². The van der Waals surface area contributed by atoms with E-state index >= 15 is 0 Å². The maximum absolute atomic E-state index is 13.0. The second-order valence-corrected chi connectivity index (χ2v) is 8.82. The molecule has 0 radical (unpaired) electrons. The maximum atomic E-state index is 13.0. The van der Waals surface area contributed by atoms with Gasteiger partial charge in [-0.2, -0.15) is 0 Å². The highest BCUT2D eigenvalue weighted by molar-refractivity contribution is 7.89. The average Bonchev–Trinajstić information content (AvgIpc) is 3.35. The zero-order chi connectivity index (χ0) is 23.7. The number of para-hydroxylation sites is 1. The molecule has 0 aliphatic heterocycles. The SMILES string of the molecule is COc1ccccc1CN(CC(=O)NCc1ccco1)C(=O)CNS(=O)(=O)c1ccccc1. The number of ether oxygens (including phenoxy) is 1. The summed E-state index contributed by atoms with van der Waals surface area (Å²) in [5, 5.41) is 2.69. The normalized spacial score (nSPS) is 11.1. The van der Waals surface area contributed by atoms with Crippen LogP contribution in [0.3, 0.4) is 0 Å². The van der Waals surface area contributed by atoms with Crippen LogP contribution in [0.15, 0.2) is 82.3 Å². The molecule has 9 nitrogen and oxygen atoms in total. The molecule has 1 heterocycles. The van der Waals surface area contributed by atoms with Gasteiger partial charge in [0.2, 0.25) is 21.8 Å². The Morgan fingerprint density at radius 2 is 1.73 bits per heavy atom. The fourth-order valence-corrected chi connectivity index (χ4v) is 4.05. The number of hydrogen-bond acceptors (Lipinski definition) is 6. The summed E-state index contributed by atoms with van der Waals surface area (Å²) in [6.45, 7) is -0.546. The molecule has 10 heteroatoms. The molecule has 0 fully saturated rings. The molecule has 33 heavy (non-hydrogen) atoms. The number of furan rings is 1. The van der Waals surface area contributed by atoms with Crippen molar-refractivity contribution in [2.45, 2.75) is 18.0 Å². The summed E-state index contributed by atoms with van der Waals surface area (Å²) in [5.41, 5.74) is 0.679. The maximum Gasteiger partial charge on any atom is 0.241 e. The summed E-state index contributed by atoms with van der Waals surface area (Å²) in [4.78, 5) is 26.8. The Kier molecular flexibility index (Phi) is 8.22. The number of amides is 2. The van der Waals surface area contributed by atoms with E-state index in [1.165, 1.54) is 30.4 Å². The van der Waals surface area contributed by atoms with E-state index < -0.39 is 28.4 Å². The van der Waals surface area contributed by atoms with Gasteiger partial charge in [-0.25, -0.2) is 13.1 Å². The Morgan fingerprint density at radius 1 is 1.00 bits per heavy atom. The van der Waals surface area contributed by atoms with Gasteiger partial charge in [-0.3, -0.25) is 9.59 Å². The Labute approximate surface area is 192 Å². The molecule has 0 aliphatic carbocycles. The van der Waals surface area contributed by atoms with Crippen LogP contribution < -0.4 is 14.8 Å². The highest BCUT2D eigenvalue weighted by Gasteiger charge is 2.22. The summed E-state index contributed by atoms with van der Waals surface area (Å²) in [6.07, 6.45) is 1.50. The lowest BCUT2D eigenvalue weighted by Crippen LogP contribution is -2.44. The van der Waals surface area contributed by atoms with Crippen LogP contribution in [-0.4, -0.2) is 45.3 Å². The third-order valence-electron chi connectivity index (χ3n) is 4.75. The molecule has 1 aromatic heterocycles. The number of nitrogens with one attached hydrogen (secondary N) is 2. The summed E-state index contributed by atoms with van der Waals surface area (Å²) in [7, 11) is -2.37. The first-order chi connectivity index (χ1) is 15.9. The molecule has 3 aromatic rings. The number of carbonyl (C=O) groups excluding carboxylic acids is 2. The number of hydrogen-bond donors (Lipinski definition) is 2. The minimum absolute atomic E-state index is 0.0465. The summed E-state index contributed by atoms with van der Waals surface area (Å²) >= 11 is 0. The molecule has 0 spiro atoms. The Balaban J connectivity index is 1.70. The fraction of sp³-hybridized carbons (Fsp3) is 0.217. The largest absolute Gasteiger partial charge is 0.496 e. The van der Waals surface area contributed by atoms with Crippen LogP contribution in [0.2, 0.25) is 0 Å². The lowest BCUT2D eigenvalue weighted by atomic mass is 10.2. The average molecular weight is 472 g/mol. The fourth-order valence-electron chi connectivity index (χ4n) is 3.05. The van der Waals surface area contributed by atoms with Crippen LogP contribution in [-0.2, 0) is 32.7 Å². The first kappa shape index (κ1) is 24.0. The molecule has 0 saturated heterocycles. The smallest absolute Gasteiger partial charge is 0.241 e. The van der Waals surface area contributed by atoms with Gasteiger partial charge < -0.3 is 19.4 Å². The number of nitrogens with zero attached hydrogens (tertiary/aromatic N) is 1.